The van der Waals surface area contributed by atoms with Crippen LogP contribution in [0.3, 0.4) is 0 Å². The summed E-state index contributed by atoms with van der Waals surface area (Å²) >= 11 is 0. The smallest absolute Gasteiger partial charge is 0.00462 e. The molecule has 1 aromatic carbocycles. The fourth-order valence-electron chi connectivity index (χ4n) is 7.23. The zero-order chi connectivity index (χ0) is 22.4. The lowest BCUT2D eigenvalue weighted by molar-refractivity contribution is -0.0789. The Bertz CT molecular complexity index is 588. The second-order valence-corrected chi connectivity index (χ2v) is 12.3. The van der Waals surface area contributed by atoms with Crippen molar-refractivity contribution in [1.82, 2.24) is 5.32 Å². The number of hydrogen-bond donors (Lipinski definition) is 1. The first kappa shape index (κ1) is 24.8. The minimum Gasteiger partial charge on any atom is -0.317 e. The minimum atomic E-state index is 0.659. The molecule has 4 bridgehead atoms. The van der Waals surface area contributed by atoms with Gasteiger partial charge < -0.3 is 5.32 Å². The molecule has 1 aliphatic heterocycles. The molecule has 0 spiro atoms. The van der Waals surface area contributed by atoms with Crippen LogP contribution >= 0.6 is 0 Å². The van der Waals surface area contributed by atoms with Crippen molar-refractivity contribution in [3.05, 3.63) is 35.9 Å². The van der Waals surface area contributed by atoms with Gasteiger partial charge in [-0.2, -0.15) is 0 Å². The molecule has 5 aliphatic rings. The molecule has 31 heavy (non-hydrogen) atoms. The number of benzene rings is 1. The molecule has 0 aromatic heterocycles. The van der Waals surface area contributed by atoms with Crippen LogP contribution in [0.25, 0.3) is 0 Å². The fraction of sp³-hybridized carbons (Fsp3) is 0.800. The Kier molecular flexibility index (Phi) is 9.09. The summed E-state index contributed by atoms with van der Waals surface area (Å²) in [5.41, 5.74) is 2.21. The molecular weight excluding hydrogens is 374 g/mol. The highest BCUT2D eigenvalue weighted by Crippen LogP contribution is 2.62. The highest BCUT2D eigenvalue weighted by Gasteiger charge is 2.51. The van der Waals surface area contributed by atoms with Gasteiger partial charge in [0.25, 0.3) is 0 Å². The molecule has 1 saturated heterocycles. The van der Waals surface area contributed by atoms with Gasteiger partial charge in [-0.05, 0) is 117 Å². The van der Waals surface area contributed by atoms with Gasteiger partial charge in [-0.15, -0.1) is 0 Å². The molecule has 176 valence electrons. The summed E-state index contributed by atoms with van der Waals surface area (Å²) in [6.07, 6.45) is 12.3. The summed E-state index contributed by atoms with van der Waals surface area (Å²) in [7, 11) is 0. The predicted molar refractivity (Wildman–Crippen MR) is 136 cm³/mol. The van der Waals surface area contributed by atoms with Crippen molar-refractivity contribution in [3.8, 4) is 0 Å². The Morgan fingerprint density at radius 1 is 0.742 bits per heavy atom. The van der Waals surface area contributed by atoms with E-state index in [1.807, 2.05) is 6.07 Å². The Morgan fingerprint density at radius 2 is 1.23 bits per heavy atom. The van der Waals surface area contributed by atoms with Crippen molar-refractivity contribution >= 4 is 0 Å². The lowest BCUT2D eigenvalue weighted by Crippen LogP contribution is -2.48. The van der Waals surface area contributed by atoms with E-state index in [-0.39, 0.29) is 0 Å². The molecule has 1 heteroatoms. The van der Waals surface area contributed by atoms with Crippen LogP contribution in [0, 0.1) is 40.9 Å². The normalized spacial score (nSPS) is 32.0. The van der Waals surface area contributed by atoms with Gasteiger partial charge in [0.15, 0.2) is 0 Å². The maximum atomic E-state index is 3.37. The molecule has 0 atom stereocenters. The van der Waals surface area contributed by atoms with Gasteiger partial charge in [0.05, 0.1) is 0 Å². The standard InChI is InChI=1S/C13H22.C9H12.C8H17N/c1-9(2)13-6-10-3-11(7-13)5-12(4-10)8-13;1-8(2)9-6-4-3-5-7-9;1-7(2)8-3-5-9-6-4-8/h9-12H,3-8H2,1-2H3;3-8H,1-2H3;7-9H,3-6H2,1-2H3. The van der Waals surface area contributed by atoms with Crippen LogP contribution in [0.1, 0.15) is 104 Å². The van der Waals surface area contributed by atoms with Crippen LogP contribution in [0.5, 0.6) is 0 Å². The Hall–Kier alpha value is -0.820. The third-order valence-corrected chi connectivity index (χ3v) is 9.10. The predicted octanol–water partition coefficient (Wildman–Crippen LogP) is 8.31. The summed E-state index contributed by atoms with van der Waals surface area (Å²) in [4.78, 5) is 0. The first-order chi connectivity index (χ1) is 14.8. The number of piperidine rings is 1. The molecular formula is C30H51N. The lowest BCUT2D eigenvalue weighted by Gasteiger charge is -2.58. The number of rotatable bonds is 3. The van der Waals surface area contributed by atoms with Gasteiger partial charge in [0.1, 0.15) is 0 Å². The third kappa shape index (κ3) is 6.83. The second kappa shape index (κ2) is 11.4. The molecule has 1 heterocycles. The molecule has 0 unspecified atom stereocenters. The monoisotopic (exact) mass is 425 g/mol. The maximum absolute atomic E-state index is 3.37. The molecule has 6 rings (SSSR count). The largest absolute Gasteiger partial charge is 0.317 e. The lowest BCUT2D eigenvalue weighted by atomic mass is 9.47. The summed E-state index contributed by atoms with van der Waals surface area (Å²) < 4.78 is 0. The van der Waals surface area contributed by atoms with Gasteiger partial charge in [0.2, 0.25) is 0 Å². The average Bonchev–Trinajstić information content (AvgIpc) is 2.75. The van der Waals surface area contributed by atoms with Crippen molar-refractivity contribution in [3.63, 3.8) is 0 Å². The maximum Gasteiger partial charge on any atom is -0.00462 e. The van der Waals surface area contributed by atoms with Crippen LogP contribution in [-0.2, 0) is 0 Å². The van der Waals surface area contributed by atoms with Gasteiger partial charge in [0, 0.05) is 0 Å². The molecule has 1 nitrogen and oxygen atoms in total. The van der Waals surface area contributed by atoms with Crippen LogP contribution in [0.4, 0.5) is 0 Å². The molecule has 4 saturated carbocycles. The van der Waals surface area contributed by atoms with Crippen molar-refractivity contribution in [2.24, 2.45) is 40.9 Å². The van der Waals surface area contributed by atoms with Gasteiger partial charge in [-0.25, -0.2) is 0 Å². The molecule has 0 amide bonds. The fourth-order valence-corrected chi connectivity index (χ4v) is 7.23. The van der Waals surface area contributed by atoms with E-state index in [9.17, 15) is 0 Å². The third-order valence-electron chi connectivity index (χ3n) is 9.10. The Labute approximate surface area is 194 Å². The van der Waals surface area contributed by atoms with Gasteiger partial charge in [-0.3, -0.25) is 0 Å². The van der Waals surface area contributed by atoms with Crippen LogP contribution in [-0.4, -0.2) is 13.1 Å². The summed E-state index contributed by atoms with van der Waals surface area (Å²) in [5, 5.41) is 3.37. The zero-order valence-electron chi connectivity index (χ0n) is 21.5. The van der Waals surface area contributed by atoms with E-state index < -0.39 is 0 Å². The summed E-state index contributed by atoms with van der Waals surface area (Å²) in [5.74, 6) is 6.89. The van der Waals surface area contributed by atoms with Crippen LogP contribution < -0.4 is 5.32 Å². The molecule has 1 N–H and O–H groups in total. The van der Waals surface area contributed by atoms with E-state index in [0.717, 1.165) is 40.9 Å². The first-order valence-electron chi connectivity index (χ1n) is 13.5. The number of nitrogens with one attached hydrogen (secondary N) is 1. The van der Waals surface area contributed by atoms with E-state index in [2.05, 4.69) is 71.1 Å². The average molecular weight is 426 g/mol. The highest BCUT2D eigenvalue weighted by molar-refractivity contribution is 5.17. The van der Waals surface area contributed by atoms with E-state index in [1.54, 1.807) is 38.5 Å². The van der Waals surface area contributed by atoms with E-state index >= 15 is 0 Å². The van der Waals surface area contributed by atoms with Crippen molar-refractivity contribution < 1.29 is 0 Å². The van der Waals surface area contributed by atoms with E-state index in [4.69, 9.17) is 0 Å². The van der Waals surface area contributed by atoms with Crippen molar-refractivity contribution in [1.29, 1.82) is 0 Å². The molecule has 4 aliphatic carbocycles. The Morgan fingerprint density at radius 3 is 1.55 bits per heavy atom. The first-order valence-corrected chi connectivity index (χ1v) is 13.5. The molecule has 5 fully saturated rings. The van der Waals surface area contributed by atoms with Crippen molar-refractivity contribution in [2.45, 2.75) is 98.8 Å². The summed E-state index contributed by atoms with van der Waals surface area (Å²) in [6.45, 7) is 16.5. The Balaban J connectivity index is 0.000000136. The number of hydrogen-bond acceptors (Lipinski definition) is 1. The molecule has 0 radical (unpaired) electrons. The zero-order valence-corrected chi connectivity index (χ0v) is 21.5. The van der Waals surface area contributed by atoms with Crippen molar-refractivity contribution in [2.75, 3.05) is 13.1 Å². The van der Waals surface area contributed by atoms with E-state index in [0.29, 0.717) is 5.92 Å². The highest BCUT2D eigenvalue weighted by atomic mass is 14.9. The molecule has 1 aromatic rings. The SMILES string of the molecule is CC(C)C12CC3CC(CC(C3)C1)C2.CC(C)C1CCNCC1.CC(C)c1ccccc1. The minimum absolute atomic E-state index is 0.659. The van der Waals surface area contributed by atoms with Gasteiger partial charge >= 0.3 is 0 Å². The second-order valence-electron chi connectivity index (χ2n) is 12.3. The van der Waals surface area contributed by atoms with Gasteiger partial charge in [-0.1, -0.05) is 71.9 Å². The quantitative estimate of drug-likeness (QED) is 0.513. The van der Waals surface area contributed by atoms with Crippen LogP contribution in [0.15, 0.2) is 30.3 Å². The topological polar surface area (TPSA) is 12.0 Å². The van der Waals surface area contributed by atoms with Crippen LogP contribution in [0.2, 0.25) is 0 Å². The summed E-state index contributed by atoms with van der Waals surface area (Å²) in [6, 6.07) is 10.5. The van der Waals surface area contributed by atoms with E-state index in [1.165, 1.54) is 31.5 Å².